The molecule has 160 valence electrons. The smallest absolute Gasteiger partial charge is 0.339 e. The number of aliphatic imine (C=N–C) groups is 1. The second-order valence-corrected chi connectivity index (χ2v) is 10.9. The van der Waals surface area contributed by atoms with Crippen molar-refractivity contribution in [3.8, 4) is 5.75 Å². The molecule has 5 heteroatoms. The molecule has 1 aliphatic heterocycles. The minimum atomic E-state index is -1.02. The highest BCUT2D eigenvalue weighted by Crippen LogP contribution is 2.60. The van der Waals surface area contributed by atoms with Crippen LogP contribution in [0.1, 0.15) is 80.3 Å². The standard InChI is InChI=1S/C25H31NO4/c1-24(2)13-17-7-21(30-3)19(23(28)29)8-18(17)20(26-24)9-22(27)25-10-14-4-15(11-25)6-16(5-14)12-25/h7-8,14-16H,4-6,9-13H2,1-3H3,(H,28,29). The number of fused-ring (bicyclic) bond motifs is 1. The third kappa shape index (κ3) is 3.17. The molecule has 0 unspecified atom stereocenters. The van der Waals surface area contributed by atoms with Crippen molar-refractivity contribution < 1.29 is 19.4 Å². The van der Waals surface area contributed by atoms with E-state index in [2.05, 4.69) is 13.8 Å². The molecule has 4 bridgehead atoms. The van der Waals surface area contributed by atoms with E-state index in [9.17, 15) is 14.7 Å². The summed E-state index contributed by atoms with van der Waals surface area (Å²) >= 11 is 0. The van der Waals surface area contributed by atoms with E-state index in [-0.39, 0.29) is 16.5 Å². The number of aromatic carboxylic acids is 1. The second-order valence-electron chi connectivity index (χ2n) is 10.9. The topological polar surface area (TPSA) is 76.0 Å². The summed E-state index contributed by atoms with van der Waals surface area (Å²) in [5, 5.41) is 9.64. The zero-order valence-corrected chi connectivity index (χ0v) is 18.2. The molecule has 0 saturated heterocycles. The summed E-state index contributed by atoms with van der Waals surface area (Å²) < 4.78 is 5.33. The summed E-state index contributed by atoms with van der Waals surface area (Å²) in [6.07, 6.45) is 8.09. The van der Waals surface area contributed by atoms with E-state index in [1.54, 1.807) is 6.07 Å². The molecular formula is C25H31NO4. The number of carboxylic acid groups (broad SMARTS) is 1. The van der Waals surface area contributed by atoms with Crippen LogP contribution in [0.25, 0.3) is 0 Å². The molecule has 5 aliphatic rings. The van der Waals surface area contributed by atoms with Gasteiger partial charge in [0.05, 0.1) is 18.4 Å². The predicted octanol–water partition coefficient (Wildman–Crippen LogP) is 4.69. The molecule has 4 aliphatic carbocycles. The Bertz CT molecular complexity index is 923. The minimum Gasteiger partial charge on any atom is -0.496 e. The monoisotopic (exact) mass is 409 g/mol. The maximum Gasteiger partial charge on any atom is 0.339 e. The maximum absolute atomic E-state index is 13.7. The van der Waals surface area contributed by atoms with Gasteiger partial charge in [-0.15, -0.1) is 0 Å². The highest BCUT2D eigenvalue weighted by atomic mass is 16.5. The predicted molar refractivity (Wildman–Crippen MR) is 115 cm³/mol. The molecule has 0 radical (unpaired) electrons. The van der Waals surface area contributed by atoms with Crippen LogP contribution < -0.4 is 4.74 Å². The molecule has 0 atom stereocenters. The van der Waals surface area contributed by atoms with Crippen LogP contribution >= 0.6 is 0 Å². The van der Waals surface area contributed by atoms with Gasteiger partial charge < -0.3 is 9.84 Å². The second kappa shape index (κ2) is 6.66. The van der Waals surface area contributed by atoms with Gasteiger partial charge in [-0.05, 0) is 94.2 Å². The van der Waals surface area contributed by atoms with E-state index in [4.69, 9.17) is 9.73 Å². The van der Waals surface area contributed by atoms with Gasteiger partial charge in [-0.1, -0.05) is 0 Å². The first kappa shape index (κ1) is 19.8. The van der Waals surface area contributed by atoms with E-state index < -0.39 is 5.97 Å². The number of hydrogen-bond donors (Lipinski definition) is 1. The van der Waals surface area contributed by atoms with Gasteiger partial charge in [0.25, 0.3) is 0 Å². The van der Waals surface area contributed by atoms with Crippen LogP contribution in [0, 0.1) is 23.2 Å². The first-order valence-corrected chi connectivity index (χ1v) is 11.2. The van der Waals surface area contributed by atoms with Crippen LogP contribution in [0.3, 0.4) is 0 Å². The number of carbonyl (C=O) groups is 2. The molecule has 4 fully saturated rings. The normalized spacial score (nSPS) is 33.0. The van der Waals surface area contributed by atoms with Crippen molar-refractivity contribution >= 4 is 17.5 Å². The molecule has 1 N–H and O–H groups in total. The van der Waals surface area contributed by atoms with Gasteiger partial charge in [-0.3, -0.25) is 9.79 Å². The van der Waals surface area contributed by atoms with Crippen molar-refractivity contribution in [1.82, 2.24) is 0 Å². The lowest BCUT2D eigenvalue weighted by molar-refractivity contribution is -0.142. The molecule has 5 nitrogen and oxygen atoms in total. The van der Waals surface area contributed by atoms with Gasteiger partial charge >= 0.3 is 5.97 Å². The lowest BCUT2D eigenvalue weighted by Gasteiger charge is -2.56. The van der Waals surface area contributed by atoms with Crippen LogP contribution in [0.4, 0.5) is 0 Å². The fraction of sp³-hybridized carbons (Fsp3) is 0.640. The van der Waals surface area contributed by atoms with Crippen LogP contribution in [0.2, 0.25) is 0 Å². The largest absolute Gasteiger partial charge is 0.496 e. The van der Waals surface area contributed by atoms with Gasteiger partial charge in [0.2, 0.25) is 0 Å². The molecule has 1 aromatic carbocycles. The zero-order chi connectivity index (χ0) is 21.3. The molecule has 6 rings (SSSR count). The van der Waals surface area contributed by atoms with Gasteiger partial charge in [0.15, 0.2) is 0 Å². The summed E-state index contributed by atoms with van der Waals surface area (Å²) in [4.78, 5) is 30.4. The number of carbonyl (C=O) groups excluding carboxylic acids is 1. The number of benzene rings is 1. The Morgan fingerprint density at radius 3 is 2.23 bits per heavy atom. The van der Waals surface area contributed by atoms with Crippen LogP contribution in [0.15, 0.2) is 17.1 Å². The molecule has 4 saturated carbocycles. The Labute approximate surface area is 177 Å². The Morgan fingerprint density at radius 1 is 1.10 bits per heavy atom. The molecular weight excluding hydrogens is 378 g/mol. The number of ketones is 1. The van der Waals surface area contributed by atoms with Gasteiger partial charge in [0, 0.05) is 17.4 Å². The summed E-state index contributed by atoms with van der Waals surface area (Å²) in [5.41, 5.74) is 2.23. The van der Waals surface area contributed by atoms with Crippen molar-refractivity contribution in [3.63, 3.8) is 0 Å². The SMILES string of the molecule is COc1cc2c(cc1C(=O)O)C(CC(=O)C13CC4CC(CC(C4)C1)C3)=NC(C)(C)C2. The zero-order valence-electron chi connectivity index (χ0n) is 18.2. The number of Topliss-reactive ketones (excluding diaryl/α,β-unsaturated/α-hetero) is 1. The fourth-order valence-corrected chi connectivity index (χ4v) is 7.23. The highest BCUT2D eigenvalue weighted by molar-refractivity contribution is 6.14. The van der Waals surface area contributed by atoms with Crippen molar-refractivity contribution in [1.29, 1.82) is 0 Å². The van der Waals surface area contributed by atoms with E-state index in [0.717, 1.165) is 53.9 Å². The van der Waals surface area contributed by atoms with E-state index in [1.807, 2.05) is 6.07 Å². The molecule has 30 heavy (non-hydrogen) atoms. The number of nitrogens with zero attached hydrogens (tertiary/aromatic N) is 1. The molecule has 0 spiro atoms. The number of methoxy groups -OCH3 is 1. The Hall–Kier alpha value is -2.17. The van der Waals surface area contributed by atoms with Crippen molar-refractivity contribution in [2.24, 2.45) is 28.2 Å². The van der Waals surface area contributed by atoms with Crippen molar-refractivity contribution in [3.05, 3.63) is 28.8 Å². The summed E-state index contributed by atoms with van der Waals surface area (Å²) in [6, 6.07) is 3.49. The number of hydrogen-bond acceptors (Lipinski definition) is 4. The fourth-order valence-electron chi connectivity index (χ4n) is 7.23. The van der Waals surface area contributed by atoms with E-state index >= 15 is 0 Å². The Morgan fingerprint density at radius 2 is 1.70 bits per heavy atom. The first-order valence-electron chi connectivity index (χ1n) is 11.2. The summed E-state index contributed by atoms with van der Waals surface area (Å²) in [5.74, 6) is 1.84. The third-order valence-corrected chi connectivity index (χ3v) is 7.99. The highest BCUT2D eigenvalue weighted by Gasteiger charge is 2.54. The van der Waals surface area contributed by atoms with Gasteiger partial charge in [-0.25, -0.2) is 4.79 Å². The van der Waals surface area contributed by atoms with Crippen molar-refractivity contribution in [2.75, 3.05) is 7.11 Å². The van der Waals surface area contributed by atoms with Crippen LogP contribution in [-0.2, 0) is 11.2 Å². The summed E-state index contributed by atoms with van der Waals surface area (Å²) in [6.45, 7) is 4.14. The molecule has 0 amide bonds. The van der Waals surface area contributed by atoms with Gasteiger partial charge in [0.1, 0.15) is 17.1 Å². The third-order valence-electron chi connectivity index (χ3n) is 7.99. The quantitative estimate of drug-likeness (QED) is 0.765. The van der Waals surface area contributed by atoms with Gasteiger partial charge in [-0.2, -0.15) is 0 Å². The van der Waals surface area contributed by atoms with Crippen LogP contribution in [0.5, 0.6) is 5.75 Å². The molecule has 1 aromatic rings. The number of carboxylic acids is 1. The maximum atomic E-state index is 13.7. The Balaban J connectivity index is 1.50. The van der Waals surface area contributed by atoms with E-state index in [0.29, 0.717) is 24.4 Å². The minimum absolute atomic E-state index is 0.130. The number of rotatable bonds is 5. The lowest BCUT2D eigenvalue weighted by atomic mass is 9.48. The van der Waals surface area contributed by atoms with Crippen LogP contribution in [-0.4, -0.2) is 35.2 Å². The first-order chi connectivity index (χ1) is 14.2. The molecule has 1 heterocycles. The average molecular weight is 410 g/mol. The lowest BCUT2D eigenvalue weighted by Crippen LogP contribution is -2.50. The molecule has 0 aromatic heterocycles. The summed E-state index contributed by atoms with van der Waals surface area (Å²) in [7, 11) is 1.49. The Kier molecular flexibility index (Phi) is 4.39. The van der Waals surface area contributed by atoms with Crippen molar-refractivity contribution in [2.45, 2.75) is 70.8 Å². The number of ether oxygens (including phenoxy) is 1. The van der Waals surface area contributed by atoms with E-state index in [1.165, 1.54) is 26.4 Å². The average Bonchev–Trinajstić information content (AvgIpc) is 2.64.